The molecule has 0 saturated carbocycles. The van der Waals surface area contributed by atoms with Crippen molar-refractivity contribution in [3.05, 3.63) is 17.3 Å². The molecule has 0 aromatic carbocycles. The molecule has 0 spiro atoms. The van der Waals surface area contributed by atoms with E-state index in [1.807, 2.05) is 22.6 Å². The first kappa shape index (κ1) is 12.7. The Morgan fingerprint density at radius 3 is 2.71 bits per heavy atom. The van der Waals surface area contributed by atoms with Gasteiger partial charge in [-0.25, -0.2) is 4.79 Å². The standard InChI is InChI=1S/C7H5BrClIO3S/c1-13-7(12)4(11)2-3(8)5(9)14-6(2)10/h4,11H,1H3. The lowest BCUT2D eigenvalue weighted by molar-refractivity contribution is -0.150. The van der Waals surface area contributed by atoms with Gasteiger partial charge in [-0.2, -0.15) is 0 Å². The lowest BCUT2D eigenvalue weighted by Crippen LogP contribution is -2.14. The summed E-state index contributed by atoms with van der Waals surface area (Å²) in [6, 6.07) is 0. The van der Waals surface area contributed by atoms with Crippen molar-refractivity contribution in [2.45, 2.75) is 6.10 Å². The Morgan fingerprint density at radius 2 is 2.36 bits per heavy atom. The summed E-state index contributed by atoms with van der Waals surface area (Å²) < 4.78 is 6.25. The second-order valence-corrected chi connectivity index (χ2v) is 6.53. The van der Waals surface area contributed by atoms with Gasteiger partial charge in [-0.05, 0) is 38.5 Å². The highest BCUT2D eigenvalue weighted by molar-refractivity contribution is 14.1. The molecule has 1 atom stereocenters. The van der Waals surface area contributed by atoms with E-state index in [9.17, 15) is 9.90 Å². The summed E-state index contributed by atoms with van der Waals surface area (Å²) in [6.07, 6.45) is -1.29. The van der Waals surface area contributed by atoms with Gasteiger partial charge in [-0.1, -0.05) is 11.6 Å². The predicted molar refractivity (Wildman–Crippen MR) is 66.7 cm³/mol. The van der Waals surface area contributed by atoms with Crippen molar-refractivity contribution in [2.24, 2.45) is 0 Å². The molecule has 7 heteroatoms. The van der Waals surface area contributed by atoms with E-state index in [1.54, 1.807) is 0 Å². The van der Waals surface area contributed by atoms with Crippen LogP contribution in [-0.4, -0.2) is 18.2 Å². The van der Waals surface area contributed by atoms with Crippen LogP contribution < -0.4 is 0 Å². The van der Waals surface area contributed by atoms with Gasteiger partial charge < -0.3 is 9.84 Å². The monoisotopic (exact) mass is 410 g/mol. The van der Waals surface area contributed by atoms with Crippen molar-refractivity contribution in [3.8, 4) is 0 Å². The number of rotatable bonds is 2. The number of carbonyl (C=O) groups is 1. The minimum absolute atomic E-state index is 0.465. The van der Waals surface area contributed by atoms with Crippen molar-refractivity contribution < 1.29 is 14.6 Å². The third kappa shape index (κ3) is 2.41. The lowest BCUT2D eigenvalue weighted by Gasteiger charge is -2.07. The van der Waals surface area contributed by atoms with E-state index in [4.69, 9.17) is 11.6 Å². The molecular weight excluding hydrogens is 406 g/mol. The second-order valence-electron chi connectivity index (χ2n) is 2.30. The largest absolute Gasteiger partial charge is 0.467 e. The van der Waals surface area contributed by atoms with E-state index in [0.29, 0.717) is 14.4 Å². The average Bonchev–Trinajstić information content (AvgIpc) is 2.39. The SMILES string of the molecule is COC(=O)C(O)c1c(I)sc(Cl)c1Br. The molecular formula is C7H5BrClIO3S. The van der Waals surface area contributed by atoms with Gasteiger partial charge in [-0.3, -0.25) is 0 Å². The van der Waals surface area contributed by atoms with Gasteiger partial charge in [0.05, 0.1) is 14.5 Å². The molecule has 0 bridgehead atoms. The Bertz CT molecular complexity index is 368. The maximum atomic E-state index is 11.1. The molecule has 14 heavy (non-hydrogen) atoms. The molecule has 1 rings (SSSR count). The van der Waals surface area contributed by atoms with Gasteiger partial charge >= 0.3 is 5.97 Å². The summed E-state index contributed by atoms with van der Waals surface area (Å²) in [5.41, 5.74) is 0.465. The first-order valence-corrected chi connectivity index (χ1v) is 6.44. The molecule has 1 aromatic heterocycles. The smallest absolute Gasteiger partial charge is 0.339 e. The Labute approximate surface area is 112 Å². The van der Waals surface area contributed by atoms with Gasteiger partial charge in [-0.15, -0.1) is 11.3 Å². The summed E-state index contributed by atoms with van der Waals surface area (Å²) in [5.74, 6) is -0.696. The van der Waals surface area contributed by atoms with Crippen molar-refractivity contribution in [2.75, 3.05) is 7.11 Å². The van der Waals surface area contributed by atoms with Crippen LogP contribution in [0.5, 0.6) is 0 Å². The predicted octanol–water partition coefficient (Wildman–Crippen LogP) is 2.98. The lowest BCUT2D eigenvalue weighted by atomic mass is 10.2. The van der Waals surface area contributed by atoms with Crippen LogP contribution in [0, 0.1) is 2.88 Å². The van der Waals surface area contributed by atoms with Crippen LogP contribution in [-0.2, 0) is 9.53 Å². The average molecular weight is 411 g/mol. The second kappa shape index (κ2) is 5.11. The van der Waals surface area contributed by atoms with Crippen LogP contribution in [0.1, 0.15) is 11.7 Å². The van der Waals surface area contributed by atoms with Gasteiger partial charge in [0.15, 0.2) is 6.10 Å². The molecule has 1 heterocycles. The molecule has 1 aromatic rings. The van der Waals surface area contributed by atoms with Gasteiger partial charge in [0.1, 0.15) is 4.34 Å². The van der Waals surface area contributed by atoms with Crippen molar-refractivity contribution in [3.63, 3.8) is 0 Å². The number of methoxy groups -OCH3 is 1. The topological polar surface area (TPSA) is 46.5 Å². The fraction of sp³-hybridized carbons (Fsp3) is 0.286. The summed E-state index contributed by atoms with van der Waals surface area (Å²) in [6.45, 7) is 0. The molecule has 1 N–H and O–H groups in total. The summed E-state index contributed by atoms with van der Waals surface area (Å²) in [7, 11) is 1.22. The van der Waals surface area contributed by atoms with E-state index in [1.165, 1.54) is 18.4 Å². The van der Waals surface area contributed by atoms with E-state index >= 15 is 0 Å². The van der Waals surface area contributed by atoms with Gasteiger partial charge in [0, 0.05) is 5.56 Å². The van der Waals surface area contributed by atoms with Gasteiger partial charge in [0.2, 0.25) is 0 Å². The molecule has 0 aliphatic heterocycles. The highest BCUT2D eigenvalue weighted by atomic mass is 127. The molecule has 1 unspecified atom stereocenters. The molecule has 0 aliphatic rings. The van der Waals surface area contributed by atoms with Crippen molar-refractivity contribution >= 4 is 67.4 Å². The van der Waals surface area contributed by atoms with Crippen LogP contribution >= 0.6 is 61.5 Å². The number of aliphatic hydroxyl groups excluding tert-OH is 1. The van der Waals surface area contributed by atoms with Crippen molar-refractivity contribution in [1.29, 1.82) is 0 Å². The number of ether oxygens (including phenoxy) is 1. The van der Waals surface area contributed by atoms with E-state index in [0.717, 1.165) is 2.88 Å². The number of esters is 1. The number of hydrogen-bond donors (Lipinski definition) is 1. The molecule has 0 saturated heterocycles. The summed E-state index contributed by atoms with van der Waals surface area (Å²) in [5, 5.41) is 9.60. The first-order chi connectivity index (χ1) is 6.49. The highest BCUT2D eigenvalue weighted by Crippen LogP contribution is 2.41. The normalized spacial score (nSPS) is 12.6. The molecule has 0 radical (unpaired) electrons. The Morgan fingerprint density at radius 1 is 1.79 bits per heavy atom. The number of aliphatic hydroxyl groups is 1. The number of hydrogen-bond acceptors (Lipinski definition) is 4. The Kier molecular flexibility index (Phi) is 4.63. The van der Waals surface area contributed by atoms with Crippen LogP contribution in [0.2, 0.25) is 4.34 Å². The zero-order valence-corrected chi connectivity index (χ0v) is 12.2. The van der Waals surface area contributed by atoms with E-state index < -0.39 is 12.1 Å². The number of carbonyl (C=O) groups excluding carboxylic acids is 1. The fourth-order valence-electron chi connectivity index (χ4n) is 0.828. The molecule has 3 nitrogen and oxygen atoms in total. The zero-order valence-electron chi connectivity index (χ0n) is 6.88. The van der Waals surface area contributed by atoms with Crippen LogP contribution in [0.3, 0.4) is 0 Å². The molecule has 78 valence electrons. The first-order valence-electron chi connectivity index (χ1n) is 3.38. The minimum atomic E-state index is -1.29. The number of thiophene rings is 1. The molecule has 0 fully saturated rings. The van der Waals surface area contributed by atoms with Crippen molar-refractivity contribution in [1.82, 2.24) is 0 Å². The third-order valence-electron chi connectivity index (χ3n) is 1.50. The Balaban J connectivity index is 3.12. The maximum absolute atomic E-state index is 11.1. The third-order valence-corrected chi connectivity index (χ3v) is 5.26. The minimum Gasteiger partial charge on any atom is -0.467 e. The molecule has 0 amide bonds. The highest BCUT2D eigenvalue weighted by Gasteiger charge is 2.26. The van der Waals surface area contributed by atoms with Crippen LogP contribution in [0.4, 0.5) is 0 Å². The van der Waals surface area contributed by atoms with E-state index in [2.05, 4.69) is 20.7 Å². The van der Waals surface area contributed by atoms with E-state index in [-0.39, 0.29) is 0 Å². The zero-order chi connectivity index (χ0) is 10.9. The quantitative estimate of drug-likeness (QED) is 0.601. The number of halogens is 3. The Hall–Kier alpha value is 0.630. The van der Waals surface area contributed by atoms with Crippen LogP contribution in [0.25, 0.3) is 0 Å². The fourth-order valence-corrected chi connectivity index (χ4v) is 4.62. The summed E-state index contributed by atoms with van der Waals surface area (Å²) >= 11 is 12.3. The van der Waals surface area contributed by atoms with Gasteiger partial charge in [0.25, 0.3) is 0 Å². The maximum Gasteiger partial charge on any atom is 0.339 e. The molecule has 0 aliphatic carbocycles. The van der Waals surface area contributed by atoms with Crippen LogP contribution in [0.15, 0.2) is 4.47 Å². The summed E-state index contributed by atoms with van der Waals surface area (Å²) in [4.78, 5) is 11.1.